The summed E-state index contributed by atoms with van der Waals surface area (Å²) in [6.07, 6.45) is 1.58. The van der Waals surface area contributed by atoms with Gasteiger partial charge in [-0.3, -0.25) is 15.0 Å². The Morgan fingerprint density at radius 3 is 2.89 bits per heavy atom. The summed E-state index contributed by atoms with van der Waals surface area (Å²) in [6.45, 7) is 1.38. The third-order valence-electron chi connectivity index (χ3n) is 2.26. The first-order valence-corrected chi connectivity index (χ1v) is 5.89. The number of furan rings is 1. The van der Waals surface area contributed by atoms with Crippen LogP contribution in [0.25, 0.3) is 0 Å². The second-order valence-electron chi connectivity index (χ2n) is 4.05. The lowest BCUT2D eigenvalue weighted by Crippen LogP contribution is -2.44. The topological polar surface area (TPSA) is 83.8 Å². The Morgan fingerprint density at radius 2 is 2.26 bits per heavy atom. The second-order valence-corrected chi connectivity index (χ2v) is 4.05. The third-order valence-corrected chi connectivity index (χ3v) is 2.26. The molecule has 0 aliphatic rings. The van der Waals surface area contributed by atoms with Gasteiger partial charge in [0.1, 0.15) is 5.76 Å². The summed E-state index contributed by atoms with van der Waals surface area (Å²) in [5.74, 6) is 0.392. The molecule has 1 heterocycles. The summed E-state index contributed by atoms with van der Waals surface area (Å²) < 4.78 is 9.94. The molecule has 1 aromatic rings. The summed E-state index contributed by atoms with van der Waals surface area (Å²) in [7, 11) is 3.30. The number of methoxy groups -OCH3 is 1. The maximum absolute atomic E-state index is 11.5. The first-order valence-electron chi connectivity index (χ1n) is 5.89. The van der Waals surface area contributed by atoms with E-state index in [4.69, 9.17) is 9.15 Å². The monoisotopic (exact) mass is 269 g/mol. The number of amides is 3. The lowest BCUT2D eigenvalue weighted by Gasteiger charge is -2.14. The SMILES string of the molecule is COCCNC(=O)NC(=O)CN(C)Cc1ccco1. The van der Waals surface area contributed by atoms with Crippen LogP contribution in [-0.2, 0) is 16.1 Å². The number of likely N-dealkylation sites (N-methyl/N-ethyl adjacent to an activating group) is 1. The average Bonchev–Trinajstić information content (AvgIpc) is 2.81. The molecule has 1 rings (SSSR count). The fourth-order valence-electron chi connectivity index (χ4n) is 1.45. The fourth-order valence-corrected chi connectivity index (χ4v) is 1.45. The quantitative estimate of drug-likeness (QED) is 0.690. The van der Waals surface area contributed by atoms with Crippen LogP contribution in [0.15, 0.2) is 22.8 Å². The Hall–Kier alpha value is -1.86. The van der Waals surface area contributed by atoms with Crippen LogP contribution in [0.5, 0.6) is 0 Å². The van der Waals surface area contributed by atoms with Gasteiger partial charge in [0.15, 0.2) is 0 Å². The van der Waals surface area contributed by atoms with Gasteiger partial charge in [0.2, 0.25) is 5.91 Å². The van der Waals surface area contributed by atoms with Crippen molar-refractivity contribution in [3.8, 4) is 0 Å². The smallest absolute Gasteiger partial charge is 0.321 e. The van der Waals surface area contributed by atoms with E-state index in [1.165, 1.54) is 7.11 Å². The average molecular weight is 269 g/mol. The van der Waals surface area contributed by atoms with Gasteiger partial charge in [-0.15, -0.1) is 0 Å². The number of rotatable bonds is 7. The van der Waals surface area contributed by atoms with Gasteiger partial charge in [0.25, 0.3) is 0 Å². The maximum atomic E-state index is 11.5. The Kier molecular flexibility index (Phi) is 6.62. The molecular formula is C12H19N3O4. The minimum Gasteiger partial charge on any atom is -0.468 e. The van der Waals surface area contributed by atoms with Crippen molar-refractivity contribution in [2.24, 2.45) is 0 Å². The normalized spacial score (nSPS) is 10.5. The molecule has 19 heavy (non-hydrogen) atoms. The van der Waals surface area contributed by atoms with Crippen LogP contribution in [-0.4, -0.2) is 50.7 Å². The second kappa shape index (κ2) is 8.28. The van der Waals surface area contributed by atoms with Crippen LogP contribution < -0.4 is 10.6 Å². The van der Waals surface area contributed by atoms with Crippen LogP contribution in [0, 0.1) is 0 Å². The number of urea groups is 1. The highest BCUT2D eigenvalue weighted by molar-refractivity contribution is 5.95. The van der Waals surface area contributed by atoms with Crippen molar-refractivity contribution < 1.29 is 18.7 Å². The zero-order valence-electron chi connectivity index (χ0n) is 11.1. The van der Waals surface area contributed by atoms with E-state index in [2.05, 4.69) is 10.6 Å². The number of hydrogen-bond donors (Lipinski definition) is 2. The van der Waals surface area contributed by atoms with Crippen LogP contribution in [0.2, 0.25) is 0 Å². The predicted octanol–water partition coefficient (Wildman–Crippen LogP) is 0.184. The molecule has 0 spiro atoms. The van der Waals surface area contributed by atoms with E-state index in [0.717, 1.165) is 5.76 Å². The molecule has 106 valence electrons. The molecule has 3 amide bonds. The summed E-state index contributed by atoms with van der Waals surface area (Å²) in [4.78, 5) is 24.6. The molecule has 0 fully saturated rings. The van der Waals surface area contributed by atoms with Gasteiger partial charge >= 0.3 is 6.03 Å². The Balaban J connectivity index is 2.21. The summed E-state index contributed by atoms with van der Waals surface area (Å²) >= 11 is 0. The molecule has 0 aliphatic carbocycles. The van der Waals surface area contributed by atoms with E-state index in [0.29, 0.717) is 19.7 Å². The van der Waals surface area contributed by atoms with Crippen molar-refractivity contribution >= 4 is 11.9 Å². The van der Waals surface area contributed by atoms with E-state index in [1.807, 2.05) is 6.07 Å². The van der Waals surface area contributed by atoms with Crippen LogP contribution in [0.1, 0.15) is 5.76 Å². The minimum absolute atomic E-state index is 0.110. The third kappa shape index (κ3) is 6.58. The van der Waals surface area contributed by atoms with Gasteiger partial charge in [0.05, 0.1) is 26.0 Å². The Bertz CT molecular complexity index is 392. The van der Waals surface area contributed by atoms with E-state index < -0.39 is 6.03 Å². The molecule has 1 aromatic heterocycles. The van der Waals surface area contributed by atoms with Crippen molar-refractivity contribution in [3.63, 3.8) is 0 Å². The number of hydrogen-bond acceptors (Lipinski definition) is 5. The standard InChI is InChI=1S/C12H19N3O4/c1-15(8-10-4-3-6-19-10)9-11(16)14-12(17)13-5-7-18-2/h3-4,6H,5,7-9H2,1-2H3,(H2,13,14,16,17). The van der Waals surface area contributed by atoms with Crippen LogP contribution >= 0.6 is 0 Å². The first-order chi connectivity index (χ1) is 9.11. The zero-order chi connectivity index (χ0) is 14.1. The molecule has 0 saturated carbocycles. The largest absolute Gasteiger partial charge is 0.468 e. The highest BCUT2D eigenvalue weighted by atomic mass is 16.5. The molecule has 0 atom stereocenters. The van der Waals surface area contributed by atoms with Crippen LogP contribution in [0.3, 0.4) is 0 Å². The molecule has 7 heteroatoms. The highest BCUT2D eigenvalue weighted by Crippen LogP contribution is 2.02. The maximum Gasteiger partial charge on any atom is 0.321 e. The van der Waals surface area contributed by atoms with Gasteiger partial charge < -0.3 is 14.5 Å². The molecule has 0 aromatic carbocycles. The van der Waals surface area contributed by atoms with Gasteiger partial charge in [-0.2, -0.15) is 0 Å². The minimum atomic E-state index is -0.520. The molecular weight excluding hydrogens is 250 g/mol. The number of carbonyl (C=O) groups excluding carboxylic acids is 2. The molecule has 2 N–H and O–H groups in total. The van der Waals surface area contributed by atoms with E-state index >= 15 is 0 Å². The van der Waals surface area contributed by atoms with Gasteiger partial charge in [-0.05, 0) is 19.2 Å². The van der Waals surface area contributed by atoms with Crippen molar-refractivity contribution in [2.75, 3.05) is 33.9 Å². The van der Waals surface area contributed by atoms with E-state index in [-0.39, 0.29) is 12.5 Å². The van der Waals surface area contributed by atoms with Gasteiger partial charge in [-0.25, -0.2) is 4.79 Å². The molecule has 0 radical (unpaired) electrons. The van der Waals surface area contributed by atoms with E-state index in [9.17, 15) is 9.59 Å². The van der Waals surface area contributed by atoms with Crippen LogP contribution in [0.4, 0.5) is 4.79 Å². The van der Waals surface area contributed by atoms with Crippen molar-refractivity contribution in [1.29, 1.82) is 0 Å². The lowest BCUT2D eigenvalue weighted by atomic mass is 10.4. The molecule has 0 aliphatic heterocycles. The van der Waals surface area contributed by atoms with Gasteiger partial charge in [-0.1, -0.05) is 0 Å². The highest BCUT2D eigenvalue weighted by Gasteiger charge is 2.11. The summed E-state index contributed by atoms with van der Waals surface area (Å²) in [6, 6.07) is 3.09. The number of carbonyl (C=O) groups is 2. The molecule has 0 saturated heterocycles. The Morgan fingerprint density at radius 1 is 1.47 bits per heavy atom. The zero-order valence-corrected chi connectivity index (χ0v) is 11.1. The van der Waals surface area contributed by atoms with E-state index in [1.54, 1.807) is 24.3 Å². The first kappa shape index (κ1) is 15.2. The number of nitrogens with zero attached hydrogens (tertiary/aromatic N) is 1. The summed E-state index contributed by atoms with van der Waals surface area (Å²) in [5.41, 5.74) is 0. The van der Waals surface area contributed by atoms with Crippen molar-refractivity contribution in [1.82, 2.24) is 15.5 Å². The Labute approximate surface area is 111 Å². The lowest BCUT2D eigenvalue weighted by molar-refractivity contribution is -0.121. The number of nitrogens with one attached hydrogen (secondary N) is 2. The number of imide groups is 1. The summed E-state index contributed by atoms with van der Waals surface area (Å²) in [5, 5.41) is 4.73. The van der Waals surface area contributed by atoms with Crippen molar-refractivity contribution in [3.05, 3.63) is 24.2 Å². The molecule has 0 bridgehead atoms. The van der Waals surface area contributed by atoms with Gasteiger partial charge in [0, 0.05) is 13.7 Å². The molecule has 0 unspecified atom stereocenters. The molecule has 7 nitrogen and oxygen atoms in total. The number of ether oxygens (including phenoxy) is 1. The fraction of sp³-hybridized carbons (Fsp3) is 0.500. The van der Waals surface area contributed by atoms with Crippen molar-refractivity contribution in [2.45, 2.75) is 6.54 Å². The predicted molar refractivity (Wildman–Crippen MR) is 68.5 cm³/mol.